The normalized spacial score (nSPS) is 10.4. The summed E-state index contributed by atoms with van der Waals surface area (Å²) >= 11 is 1.71. The van der Waals surface area contributed by atoms with Crippen molar-refractivity contribution in [3.8, 4) is 11.4 Å². The van der Waals surface area contributed by atoms with Gasteiger partial charge in [-0.1, -0.05) is 42.5 Å². The highest BCUT2D eigenvalue weighted by molar-refractivity contribution is 7.97. The zero-order valence-electron chi connectivity index (χ0n) is 14.6. The largest absolute Gasteiger partial charge is 0.271 e. The third kappa shape index (κ3) is 5.14. The number of tetrazole rings is 1. The Morgan fingerprint density at radius 1 is 1.04 bits per heavy atom. The number of aromatic nitrogens is 4. The van der Waals surface area contributed by atoms with Crippen LogP contribution in [-0.4, -0.2) is 38.3 Å². The summed E-state index contributed by atoms with van der Waals surface area (Å²) in [6.45, 7) is -0.160. The molecular weight excluding hydrogens is 364 g/mol. The van der Waals surface area contributed by atoms with E-state index in [9.17, 15) is 9.59 Å². The number of carbonyl (C=O) groups is 2. The van der Waals surface area contributed by atoms with Gasteiger partial charge < -0.3 is 0 Å². The SMILES string of the molecule is CSCc1ccc(C(=O)NNC(=O)Cn2nnc(-c3ccccc3)n2)cc1. The van der Waals surface area contributed by atoms with Crippen LogP contribution in [0.2, 0.25) is 0 Å². The van der Waals surface area contributed by atoms with Gasteiger partial charge in [0.05, 0.1) is 0 Å². The van der Waals surface area contributed by atoms with E-state index in [4.69, 9.17) is 0 Å². The molecule has 0 aliphatic heterocycles. The number of rotatable bonds is 6. The monoisotopic (exact) mass is 382 g/mol. The summed E-state index contributed by atoms with van der Waals surface area (Å²) in [6.07, 6.45) is 2.02. The van der Waals surface area contributed by atoms with E-state index in [2.05, 4.69) is 26.3 Å². The van der Waals surface area contributed by atoms with Gasteiger partial charge in [0.1, 0.15) is 6.54 Å². The predicted octanol–water partition coefficient (Wildman–Crippen LogP) is 1.66. The molecule has 8 nitrogen and oxygen atoms in total. The van der Waals surface area contributed by atoms with Crippen molar-refractivity contribution in [1.82, 2.24) is 31.1 Å². The Morgan fingerprint density at radius 2 is 1.78 bits per heavy atom. The molecular formula is C18H18N6O2S. The van der Waals surface area contributed by atoms with Crippen molar-refractivity contribution in [2.24, 2.45) is 0 Å². The second-order valence-electron chi connectivity index (χ2n) is 5.64. The standard InChI is InChI=1S/C18H18N6O2S/c1-27-12-13-7-9-15(10-8-13)18(26)21-19-16(25)11-24-22-17(20-23-24)14-5-3-2-4-6-14/h2-10H,11-12H2,1H3,(H,19,25)(H,21,26). The lowest BCUT2D eigenvalue weighted by molar-refractivity contribution is -0.122. The lowest BCUT2D eigenvalue weighted by atomic mass is 10.1. The zero-order chi connectivity index (χ0) is 19.1. The van der Waals surface area contributed by atoms with Crippen molar-refractivity contribution in [1.29, 1.82) is 0 Å². The average Bonchev–Trinajstić information content (AvgIpc) is 3.16. The van der Waals surface area contributed by atoms with Crippen molar-refractivity contribution < 1.29 is 9.59 Å². The predicted molar refractivity (Wildman–Crippen MR) is 103 cm³/mol. The van der Waals surface area contributed by atoms with Crippen LogP contribution in [0.5, 0.6) is 0 Å². The molecule has 27 heavy (non-hydrogen) atoms. The number of thioether (sulfide) groups is 1. The summed E-state index contributed by atoms with van der Waals surface area (Å²) in [5.74, 6) is 0.460. The maximum Gasteiger partial charge on any atom is 0.269 e. The van der Waals surface area contributed by atoms with Crippen LogP contribution < -0.4 is 10.9 Å². The van der Waals surface area contributed by atoms with Crippen LogP contribution in [0.4, 0.5) is 0 Å². The van der Waals surface area contributed by atoms with E-state index < -0.39 is 11.8 Å². The number of hydrogen-bond donors (Lipinski definition) is 2. The molecule has 0 radical (unpaired) electrons. The summed E-state index contributed by atoms with van der Waals surface area (Å²) in [5.41, 5.74) is 7.13. The Hall–Kier alpha value is -3.20. The molecule has 0 saturated carbocycles. The second-order valence-corrected chi connectivity index (χ2v) is 6.51. The van der Waals surface area contributed by atoms with Crippen molar-refractivity contribution in [2.45, 2.75) is 12.3 Å². The number of benzene rings is 2. The van der Waals surface area contributed by atoms with Crippen molar-refractivity contribution in [3.05, 3.63) is 65.7 Å². The molecule has 1 aromatic heterocycles. The number of nitrogens with zero attached hydrogens (tertiary/aromatic N) is 4. The molecule has 0 spiro atoms. The summed E-state index contributed by atoms with van der Waals surface area (Å²) in [5, 5.41) is 11.9. The average molecular weight is 382 g/mol. The van der Waals surface area contributed by atoms with Crippen LogP contribution in [0.25, 0.3) is 11.4 Å². The number of amides is 2. The third-order valence-electron chi connectivity index (χ3n) is 3.61. The number of nitrogens with one attached hydrogen (secondary N) is 2. The highest BCUT2D eigenvalue weighted by atomic mass is 32.2. The quantitative estimate of drug-likeness (QED) is 0.629. The van der Waals surface area contributed by atoms with Gasteiger partial charge in [-0.25, -0.2) is 0 Å². The maximum absolute atomic E-state index is 12.1. The van der Waals surface area contributed by atoms with Gasteiger partial charge in [0.25, 0.3) is 11.8 Å². The first kappa shape index (κ1) is 18.6. The van der Waals surface area contributed by atoms with Gasteiger partial charge in [-0.05, 0) is 29.2 Å². The first-order chi connectivity index (χ1) is 13.2. The Bertz CT molecular complexity index is 911. The van der Waals surface area contributed by atoms with Crippen molar-refractivity contribution in [2.75, 3.05) is 6.26 Å². The van der Waals surface area contributed by atoms with Gasteiger partial charge in [0, 0.05) is 16.9 Å². The van der Waals surface area contributed by atoms with Crippen molar-refractivity contribution in [3.63, 3.8) is 0 Å². The van der Waals surface area contributed by atoms with E-state index in [-0.39, 0.29) is 6.54 Å². The summed E-state index contributed by atoms with van der Waals surface area (Å²) < 4.78 is 0. The summed E-state index contributed by atoms with van der Waals surface area (Å²) in [7, 11) is 0. The van der Waals surface area contributed by atoms with Crippen molar-refractivity contribution >= 4 is 23.6 Å². The molecule has 0 saturated heterocycles. The fraction of sp³-hybridized carbons (Fsp3) is 0.167. The van der Waals surface area contributed by atoms with Gasteiger partial charge in [-0.15, -0.1) is 10.2 Å². The Labute approximate surface area is 160 Å². The third-order valence-corrected chi connectivity index (χ3v) is 4.23. The highest BCUT2D eigenvalue weighted by Gasteiger charge is 2.11. The molecule has 0 atom stereocenters. The fourth-order valence-corrected chi connectivity index (χ4v) is 2.82. The molecule has 0 aliphatic carbocycles. The van der Waals surface area contributed by atoms with E-state index in [1.807, 2.05) is 48.7 Å². The second kappa shape index (κ2) is 8.95. The molecule has 2 amide bonds. The van der Waals surface area contributed by atoms with Crippen LogP contribution in [0.15, 0.2) is 54.6 Å². The molecule has 1 heterocycles. The van der Waals surface area contributed by atoms with E-state index >= 15 is 0 Å². The van der Waals surface area contributed by atoms with E-state index in [0.717, 1.165) is 16.9 Å². The first-order valence-corrected chi connectivity index (χ1v) is 9.55. The van der Waals surface area contributed by atoms with Crippen LogP contribution in [0, 0.1) is 0 Å². The zero-order valence-corrected chi connectivity index (χ0v) is 15.4. The molecule has 0 bridgehead atoms. The number of hydrazine groups is 1. The van der Waals surface area contributed by atoms with Gasteiger partial charge >= 0.3 is 0 Å². The Balaban J connectivity index is 1.51. The van der Waals surface area contributed by atoms with E-state index in [1.54, 1.807) is 23.9 Å². The van der Waals surface area contributed by atoms with Crippen LogP contribution in [-0.2, 0) is 17.1 Å². The molecule has 0 fully saturated rings. The topological polar surface area (TPSA) is 102 Å². The molecule has 2 aromatic carbocycles. The van der Waals surface area contributed by atoms with E-state index in [0.29, 0.717) is 11.4 Å². The van der Waals surface area contributed by atoms with E-state index in [1.165, 1.54) is 4.80 Å². The summed E-state index contributed by atoms with van der Waals surface area (Å²) in [4.78, 5) is 25.2. The number of hydrogen-bond acceptors (Lipinski definition) is 6. The first-order valence-electron chi connectivity index (χ1n) is 8.16. The van der Waals surface area contributed by atoms with Crippen LogP contribution >= 0.6 is 11.8 Å². The smallest absolute Gasteiger partial charge is 0.269 e. The minimum Gasteiger partial charge on any atom is -0.271 e. The molecule has 138 valence electrons. The van der Waals surface area contributed by atoms with Gasteiger partial charge in [0.15, 0.2) is 0 Å². The lowest BCUT2D eigenvalue weighted by Crippen LogP contribution is -2.43. The molecule has 9 heteroatoms. The number of carbonyl (C=O) groups excluding carboxylic acids is 2. The van der Waals surface area contributed by atoms with Gasteiger partial charge in [0.2, 0.25) is 5.82 Å². The highest BCUT2D eigenvalue weighted by Crippen LogP contribution is 2.12. The Kier molecular flexibility index (Phi) is 6.16. The molecule has 3 aromatic rings. The fourth-order valence-electron chi connectivity index (χ4n) is 2.30. The Morgan fingerprint density at radius 3 is 2.48 bits per heavy atom. The minimum absolute atomic E-state index is 0.160. The van der Waals surface area contributed by atoms with Crippen LogP contribution in [0.3, 0.4) is 0 Å². The lowest BCUT2D eigenvalue weighted by Gasteiger charge is -2.07. The van der Waals surface area contributed by atoms with Gasteiger partial charge in [-0.2, -0.15) is 16.6 Å². The molecule has 0 aliphatic rings. The van der Waals surface area contributed by atoms with Crippen LogP contribution in [0.1, 0.15) is 15.9 Å². The molecule has 3 rings (SSSR count). The molecule has 2 N–H and O–H groups in total. The molecule has 0 unspecified atom stereocenters. The maximum atomic E-state index is 12.1. The summed E-state index contributed by atoms with van der Waals surface area (Å²) in [6, 6.07) is 16.5. The van der Waals surface area contributed by atoms with Gasteiger partial charge in [-0.3, -0.25) is 20.4 Å². The minimum atomic E-state index is -0.459.